The molecule has 0 aromatic heterocycles. The van der Waals surface area contributed by atoms with Crippen molar-refractivity contribution in [2.75, 3.05) is 16.8 Å². The number of hydrogen-bond donors (Lipinski definition) is 3. The third kappa shape index (κ3) is 11.4. The quantitative estimate of drug-likeness (QED) is 0.206. The van der Waals surface area contributed by atoms with Gasteiger partial charge in [-0.3, -0.25) is 14.5 Å². The molecule has 44 heavy (non-hydrogen) atoms. The number of carbonyl (C=O) groups is 3. The maximum atomic E-state index is 13.5. The van der Waals surface area contributed by atoms with Gasteiger partial charge < -0.3 is 15.7 Å². The monoisotopic (exact) mass is 637 g/mol. The third-order valence-corrected chi connectivity index (χ3v) is 7.63. The van der Waals surface area contributed by atoms with Crippen molar-refractivity contribution in [2.45, 2.75) is 65.8 Å². The fraction of sp³-hybridized carbons (Fsp3) is 0.343. The zero-order chi connectivity index (χ0) is 32.1. The minimum atomic E-state index is -0.979. The highest BCUT2D eigenvalue weighted by molar-refractivity contribution is 6.35. The number of nitrogens with one attached hydrogen (secondary N) is 2. The summed E-state index contributed by atoms with van der Waals surface area (Å²) in [5.74, 6) is -0.453. The van der Waals surface area contributed by atoms with Gasteiger partial charge in [0.2, 0.25) is 0 Å². The number of hydrogen-bond acceptors (Lipinski definition) is 3. The first-order valence-electron chi connectivity index (χ1n) is 15.0. The molecule has 0 saturated heterocycles. The summed E-state index contributed by atoms with van der Waals surface area (Å²) in [5, 5.41) is 15.0. The fourth-order valence-corrected chi connectivity index (χ4v) is 4.91. The van der Waals surface area contributed by atoms with Gasteiger partial charge in [0, 0.05) is 33.5 Å². The number of allylic oxidation sites excluding steroid dienone is 2. The Bertz CT molecular complexity index is 1420. The molecule has 0 aliphatic heterocycles. The molecule has 0 heterocycles. The predicted octanol–water partition coefficient (Wildman–Crippen LogP) is 9.45. The smallest absolute Gasteiger partial charge is 0.326 e. The molecule has 0 atom stereocenters. The number of urea groups is 1. The lowest BCUT2D eigenvalue weighted by Crippen LogP contribution is -2.34. The Labute approximate surface area is 270 Å². The molecule has 3 N–H and O–H groups in total. The van der Waals surface area contributed by atoms with Crippen LogP contribution in [0, 0.1) is 5.92 Å². The summed E-state index contributed by atoms with van der Waals surface area (Å²) < 4.78 is 0. The summed E-state index contributed by atoms with van der Waals surface area (Å²) in [6.45, 7) is 6.93. The maximum absolute atomic E-state index is 13.5. The van der Waals surface area contributed by atoms with Crippen molar-refractivity contribution in [1.82, 2.24) is 5.32 Å². The van der Waals surface area contributed by atoms with Crippen LogP contribution in [0.4, 0.5) is 16.2 Å². The number of halogens is 2. The topological polar surface area (TPSA) is 98.7 Å². The zero-order valence-electron chi connectivity index (χ0n) is 25.5. The van der Waals surface area contributed by atoms with Crippen LogP contribution in [0.15, 0.2) is 72.8 Å². The Balaban J connectivity index is 0.000000978. The Morgan fingerprint density at radius 2 is 1.57 bits per heavy atom. The lowest BCUT2D eigenvalue weighted by atomic mass is 9.93. The van der Waals surface area contributed by atoms with Gasteiger partial charge in [0.25, 0.3) is 5.91 Å². The minimum absolute atomic E-state index is 0.0459. The minimum Gasteiger partial charge on any atom is -0.481 e. The molecular formula is C35H41Cl2N3O4. The average molecular weight is 639 g/mol. The summed E-state index contributed by atoms with van der Waals surface area (Å²) in [7, 11) is 0. The molecule has 0 saturated carbocycles. The van der Waals surface area contributed by atoms with Gasteiger partial charge >= 0.3 is 12.0 Å². The van der Waals surface area contributed by atoms with Gasteiger partial charge in [-0.15, -0.1) is 0 Å². The second kappa shape index (κ2) is 17.5. The van der Waals surface area contributed by atoms with E-state index in [0.717, 1.165) is 29.9 Å². The standard InChI is InChI=1S/C30H29Cl2N3O4.C5H12/c31-24-16-25(32)18-26(17-24)34-30(39)35(27-12-10-22(11-13-27)21-4-2-1-3-5-21)19-20-6-8-23(9-7-20)29(38)33-15-14-28(36)37;1-4-5(2)3/h4,6-13,16-18H,1-3,5,14-15,19H2,(H,33,38)(H,34,39)(H,36,37);5H,4H2,1-3H3. The van der Waals surface area contributed by atoms with Crippen LogP contribution in [0.25, 0.3) is 5.57 Å². The number of rotatable bonds is 10. The van der Waals surface area contributed by atoms with Crippen molar-refractivity contribution < 1.29 is 19.5 Å². The molecule has 3 aromatic rings. The van der Waals surface area contributed by atoms with E-state index in [1.165, 1.54) is 24.8 Å². The van der Waals surface area contributed by atoms with Crippen molar-refractivity contribution in [3.63, 3.8) is 0 Å². The van der Waals surface area contributed by atoms with Crippen LogP contribution in [-0.4, -0.2) is 29.6 Å². The number of carboxylic acid groups (broad SMARTS) is 1. The van der Waals surface area contributed by atoms with Crippen LogP contribution in [0.5, 0.6) is 0 Å². The largest absolute Gasteiger partial charge is 0.481 e. The molecule has 3 aromatic carbocycles. The van der Waals surface area contributed by atoms with Gasteiger partial charge in [-0.05, 0) is 90.8 Å². The van der Waals surface area contributed by atoms with Crippen molar-refractivity contribution in [1.29, 1.82) is 0 Å². The molecule has 3 amide bonds. The predicted molar refractivity (Wildman–Crippen MR) is 181 cm³/mol. The molecule has 1 aliphatic carbocycles. The summed E-state index contributed by atoms with van der Waals surface area (Å²) in [6, 6.07) is 19.2. The molecule has 0 bridgehead atoms. The number of aliphatic carboxylic acids is 1. The summed E-state index contributed by atoms with van der Waals surface area (Å²) >= 11 is 12.2. The number of carboxylic acids is 1. The van der Waals surface area contributed by atoms with E-state index in [-0.39, 0.29) is 31.4 Å². The Morgan fingerprint density at radius 3 is 2.11 bits per heavy atom. The molecule has 0 spiro atoms. The number of anilines is 2. The normalized spacial score (nSPS) is 12.5. The highest BCUT2D eigenvalue weighted by Crippen LogP contribution is 2.29. The van der Waals surface area contributed by atoms with Crippen molar-refractivity contribution in [2.24, 2.45) is 5.92 Å². The van der Waals surface area contributed by atoms with E-state index in [1.54, 1.807) is 47.4 Å². The van der Waals surface area contributed by atoms with Crippen molar-refractivity contribution in [3.8, 4) is 0 Å². The van der Waals surface area contributed by atoms with Gasteiger partial charge in [-0.1, -0.05) is 80.7 Å². The molecule has 1 aliphatic rings. The van der Waals surface area contributed by atoms with Crippen LogP contribution in [0.2, 0.25) is 10.0 Å². The second-order valence-electron chi connectivity index (χ2n) is 11.1. The number of benzene rings is 3. The van der Waals surface area contributed by atoms with Crippen LogP contribution >= 0.6 is 23.2 Å². The zero-order valence-corrected chi connectivity index (χ0v) is 27.0. The maximum Gasteiger partial charge on any atom is 0.326 e. The van der Waals surface area contributed by atoms with Crippen LogP contribution in [0.1, 0.15) is 80.8 Å². The van der Waals surface area contributed by atoms with E-state index in [1.807, 2.05) is 24.3 Å². The van der Waals surface area contributed by atoms with E-state index < -0.39 is 5.97 Å². The van der Waals surface area contributed by atoms with Gasteiger partial charge in [-0.2, -0.15) is 0 Å². The molecule has 7 nitrogen and oxygen atoms in total. The Kier molecular flexibility index (Phi) is 13.8. The van der Waals surface area contributed by atoms with Gasteiger partial charge in [0.1, 0.15) is 0 Å². The molecule has 4 rings (SSSR count). The van der Waals surface area contributed by atoms with Gasteiger partial charge in [-0.25, -0.2) is 4.79 Å². The van der Waals surface area contributed by atoms with Crippen LogP contribution in [-0.2, 0) is 11.3 Å². The van der Waals surface area contributed by atoms with Crippen molar-refractivity contribution in [3.05, 3.63) is 99.5 Å². The van der Waals surface area contributed by atoms with Crippen molar-refractivity contribution >= 4 is 58.1 Å². The van der Waals surface area contributed by atoms with E-state index in [4.69, 9.17) is 28.3 Å². The Morgan fingerprint density at radius 1 is 0.932 bits per heavy atom. The SMILES string of the molecule is CCC(C)C.O=C(O)CCNC(=O)c1ccc(CN(C(=O)Nc2cc(Cl)cc(Cl)c2)c2ccc(C3=CCCCC3)cc2)cc1. The fourth-order valence-electron chi connectivity index (χ4n) is 4.38. The lowest BCUT2D eigenvalue weighted by molar-refractivity contribution is -0.136. The van der Waals surface area contributed by atoms with E-state index in [0.29, 0.717) is 27.0 Å². The van der Waals surface area contributed by atoms with Gasteiger partial charge in [0.05, 0.1) is 13.0 Å². The van der Waals surface area contributed by atoms with E-state index in [2.05, 4.69) is 37.5 Å². The molecular weight excluding hydrogens is 597 g/mol. The molecule has 0 unspecified atom stereocenters. The Hall–Kier alpha value is -3.81. The first-order valence-corrected chi connectivity index (χ1v) is 15.7. The first-order chi connectivity index (χ1) is 21.0. The summed E-state index contributed by atoms with van der Waals surface area (Å²) in [4.78, 5) is 38.1. The molecule has 0 fully saturated rings. The lowest BCUT2D eigenvalue weighted by Gasteiger charge is -2.24. The summed E-state index contributed by atoms with van der Waals surface area (Å²) in [5.41, 5.74) is 4.86. The summed E-state index contributed by atoms with van der Waals surface area (Å²) in [6.07, 6.45) is 7.97. The first kappa shape index (κ1) is 34.7. The van der Waals surface area contributed by atoms with E-state index in [9.17, 15) is 14.4 Å². The highest BCUT2D eigenvalue weighted by atomic mass is 35.5. The number of amides is 3. The molecule has 9 heteroatoms. The van der Waals surface area contributed by atoms with Crippen LogP contribution < -0.4 is 15.5 Å². The molecule has 0 radical (unpaired) electrons. The highest BCUT2D eigenvalue weighted by Gasteiger charge is 2.18. The second-order valence-corrected chi connectivity index (χ2v) is 12.0. The number of nitrogens with zero attached hydrogens (tertiary/aromatic N) is 1. The molecule has 234 valence electrons. The van der Waals surface area contributed by atoms with Crippen LogP contribution in [0.3, 0.4) is 0 Å². The van der Waals surface area contributed by atoms with E-state index >= 15 is 0 Å². The number of carbonyl (C=O) groups excluding carboxylic acids is 2. The van der Waals surface area contributed by atoms with Gasteiger partial charge in [0.15, 0.2) is 0 Å². The third-order valence-electron chi connectivity index (χ3n) is 7.20. The average Bonchev–Trinajstić information content (AvgIpc) is 3.00.